The summed E-state index contributed by atoms with van der Waals surface area (Å²) in [5.41, 5.74) is 0.789. The van der Waals surface area contributed by atoms with Gasteiger partial charge in [0, 0.05) is 18.5 Å². The number of nitrogens with one attached hydrogen (secondary N) is 2. The molecule has 1 heterocycles. The van der Waals surface area contributed by atoms with Crippen LogP contribution >= 0.6 is 0 Å². The Morgan fingerprint density at radius 1 is 1.14 bits per heavy atom. The molecule has 1 aromatic rings. The summed E-state index contributed by atoms with van der Waals surface area (Å²) in [6, 6.07) is 0. The molecule has 0 atom stereocenters. The molecule has 0 spiro atoms. The number of aliphatic hydroxyl groups is 1. The molecule has 0 aliphatic heterocycles. The Morgan fingerprint density at radius 2 is 1.76 bits per heavy atom. The van der Waals surface area contributed by atoms with Gasteiger partial charge in [-0.15, -0.1) is 0 Å². The summed E-state index contributed by atoms with van der Waals surface area (Å²) < 4.78 is 0. The minimum Gasteiger partial charge on any atom is -0.394 e. The monoisotopic (exact) mass is 292 g/mol. The van der Waals surface area contributed by atoms with Gasteiger partial charge in [-0.2, -0.15) is 0 Å². The average Bonchev–Trinajstić information content (AvgIpc) is 2.50. The van der Waals surface area contributed by atoms with Crippen LogP contribution in [0.4, 0.5) is 11.6 Å². The van der Waals surface area contributed by atoms with Crippen molar-refractivity contribution in [1.29, 1.82) is 0 Å². The van der Waals surface area contributed by atoms with Crippen molar-refractivity contribution in [3.63, 3.8) is 0 Å². The normalized spacial score (nSPS) is 17.8. The maximum atomic E-state index is 9.88. The minimum atomic E-state index is -0.226. The van der Waals surface area contributed by atoms with Gasteiger partial charge in [0.15, 0.2) is 0 Å². The van der Waals surface area contributed by atoms with Crippen molar-refractivity contribution >= 4 is 11.6 Å². The van der Waals surface area contributed by atoms with Crippen molar-refractivity contribution in [2.45, 2.75) is 64.3 Å². The fraction of sp³-hybridized carbons (Fsp3) is 0.750. The molecule has 118 valence electrons. The van der Waals surface area contributed by atoms with Gasteiger partial charge in [-0.25, -0.2) is 9.97 Å². The minimum absolute atomic E-state index is 0.155. The van der Waals surface area contributed by atoms with Gasteiger partial charge in [0.2, 0.25) is 0 Å². The lowest BCUT2D eigenvalue weighted by Gasteiger charge is -2.37. The second-order valence-corrected chi connectivity index (χ2v) is 6.43. The van der Waals surface area contributed by atoms with Crippen LogP contribution in [-0.2, 0) is 0 Å². The summed E-state index contributed by atoms with van der Waals surface area (Å²) >= 11 is 0. The molecular weight excluding hydrogens is 264 g/mol. The predicted molar refractivity (Wildman–Crippen MR) is 86.9 cm³/mol. The molecule has 0 amide bonds. The summed E-state index contributed by atoms with van der Waals surface area (Å²) in [5.74, 6) is 2.82. The van der Waals surface area contributed by atoms with Crippen LogP contribution in [0.15, 0.2) is 0 Å². The smallest absolute Gasteiger partial charge is 0.135 e. The number of hydrogen-bond donors (Lipinski definition) is 3. The molecule has 21 heavy (non-hydrogen) atoms. The number of nitrogens with zero attached hydrogens (tertiary/aromatic N) is 2. The average molecular weight is 292 g/mol. The zero-order valence-corrected chi connectivity index (χ0v) is 13.7. The molecule has 0 bridgehead atoms. The van der Waals surface area contributed by atoms with E-state index in [0.29, 0.717) is 0 Å². The van der Waals surface area contributed by atoms with Crippen molar-refractivity contribution < 1.29 is 5.11 Å². The number of hydrogen-bond acceptors (Lipinski definition) is 5. The van der Waals surface area contributed by atoms with Gasteiger partial charge < -0.3 is 15.7 Å². The van der Waals surface area contributed by atoms with Crippen LogP contribution in [0.25, 0.3) is 0 Å². The second kappa shape index (κ2) is 6.60. The summed E-state index contributed by atoms with van der Waals surface area (Å²) in [6.45, 7) is 6.36. The van der Waals surface area contributed by atoms with Crippen LogP contribution in [0.3, 0.4) is 0 Å². The number of rotatable bonds is 5. The van der Waals surface area contributed by atoms with Crippen LogP contribution in [0, 0.1) is 6.92 Å². The Morgan fingerprint density at radius 3 is 2.29 bits per heavy atom. The Balaban J connectivity index is 2.35. The maximum absolute atomic E-state index is 9.88. The van der Waals surface area contributed by atoms with Crippen LogP contribution in [0.2, 0.25) is 0 Å². The molecule has 1 fully saturated rings. The Hall–Kier alpha value is -1.36. The SMILES string of the molecule is CNc1nc(C(C)C)nc(NC2(CO)CCCCC2)c1C. The Labute approximate surface area is 127 Å². The molecule has 5 heteroatoms. The zero-order chi connectivity index (χ0) is 15.5. The second-order valence-electron chi connectivity index (χ2n) is 6.43. The largest absolute Gasteiger partial charge is 0.394 e. The lowest BCUT2D eigenvalue weighted by Crippen LogP contribution is -2.44. The van der Waals surface area contributed by atoms with Crippen molar-refractivity contribution in [1.82, 2.24) is 9.97 Å². The van der Waals surface area contributed by atoms with Gasteiger partial charge >= 0.3 is 0 Å². The molecule has 0 unspecified atom stereocenters. The van der Waals surface area contributed by atoms with E-state index in [0.717, 1.165) is 48.7 Å². The van der Waals surface area contributed by atoms with E-state index >= 15 is 0 Å². The van der Waals surface area contributed by atoms with Crippen molar-refractivity contribution in [3.05, 3.63) is 11.4 Å². The van der Waals surface area contributed by atoms with Crippen molar-refractivity contribution in [2.24, 2.45) is 0 Å². The molecule has 3 N–H and O–H groups in total. The molecule has 1 aliphatic carbocycles. The molecule has 0 saturated heterocycles. The third-order valence-corrected chi connectivity index (χ3v) is 4.41. The number of aromatic nitrogens is 2. The highest BCUT2D eigenvalue weighted by Gasteiger charge is 2.32. The topological polar surface area (TPSA) is 70.1 Å². The lowest BCUT2D eigenvalue weighted by molar-refractivity contribution is 0.172. The molecule has 1 aromatic heterocycles. The molecule has 0 radical (unpaired) electrons. The van der Waals surface area contributed by atoms with Gasteiger partial charge in [0.25, 0.3) is 0 Å². The summed E-state index contributed by atoms with van der Waals surface area (Å²) in [7, 11) is 1.88. The summed E-state index contributed by atoms with van der Waals surface area (Å²) in [4.78, 5) is 9.26. The molecule has 2 rings (SSSR count). The van der Waals surface area contributed by atoms with E-state index in [4.69, 9.17) is 4.98 Å². The third kappa shape index (κ3) is 3.46. The van der Waals surface area contributed by atoms with Crippen LogP contribution in [-0.4, -0.2) is 34.3 Å². The van der Waals surface area contributed by atoms with Crippen molar-refractivity contribution in [3.8, 4) is 0 Å². The fourth-order valence-electron chi connectivity index (χ4n) is 2.96. The highest BCUT2D eigenvalue weighted by molar-refractivity contribution is 5.58. The van der Waals surface area contributed by atoms with E-state index in [-0.39, 0.29) is 18.1 Å². The first-order valence-corrected chi connectivity index (χ1v) is 7.96. The molecular formula is C16H28N4O. The summed E-state index contributed by atoms with van der Waals surface area (Å²) in [5, 5.41) is 16.6. The van der Waals surface area contributed by atoms with Crippen LogP contribution in [0.5, 0.6) is 0 Å². The van der Waals surface area contributed by atoms with Gasteiger partial charge in [0.05, 0.1) is 12.1 Å². The van der Waals surface area contributed by atoms with E-state index < -0.39 is 0 Å². The van der Waals surface area contributed by atoms with E-state index in [9.17, 15) is 5.11 Å². The number of anilines is 2. The van der Waals surface area contributed by atoms with Gasteiger partial charge in [-0.05, 0) is 19.8 Å². The molecule has 1 saturated carbocycles. The molecule has 5 nitrogen and oxygen atoms in total. The fourth-order valence-corrected chi connectivity index (χ4v) is 2.96. The Bertz CT molecular complexity index is 481. The highest BCUT2D eigenvalue weighted by Crippen LogP contribution is 2.33. The first-order chi connectivity index (χ1) is 10.0. The first-order valence-electron chi connectivity index (χ1n) is 7.96. The quantitative estimate of drug-likeness (QED) is 0.778. The predicted octanol–water partition coefficient (Wildman–Crippen LogP) is 3.06. The standard InChI is InChI=1S/C16H28N4O/c1-11(2)13-18-14(17-4)12(3)15(19-13)20-16(10-21)8-6-5-7-9-16/h11,21H,5-10H2,1-4H3,(H2,17,18,19,20). The third-order valence-electron chi connectivity index (χ3n) is 4.41. The van der Waals surface area contributed by atoms with Crippen LogP contribution < -0.4 is 10.6 Å². The highest BCUT2D eigenvalue weighted by atomic mass is 16.3. The maximum Gasteiger partial charge on any atom is 0.135 e. The molecule has 1 aliphatic rings. The van der Waals surface area contributed by atoms with E-state index in [1.807, 2.05) is 14.0 Å². The Kier molecular flexibility index (Phi) is 5.04. The lowest BCUT2D eigenvalue weighted by atomic mass is 9.82. The van der Waals surface area contributed by atoms with Gasteiger partial charge in [0.1, 0.15) is 17.5 Å². The van der Waals surface area contributed by atoms with Gasteiger partial charge in [-0.3, -0.25) is 0 Å². The van der Waals surface area contributed by atoms with Crippen molar-refractivity contribution in [2.75, 3.05) is 24.3 Å². The zero-order valence-electron chi connectivity index (χ0n) is 13.7. The van der Waals surface area contributed by atoms with Gasteiger partial charge in [-0.1, -0.05) is 33.1 Å². The first kappa shape index (κ1) is 16.0. The van der Waals surface area contributed by atoms with Crippen LogP contribution in [0.1, 0.15) is 63.3 Å². The molecule has 0 aromatic carbocycles. The van der Waals surface area contributed by atoms with E-state index in [1.54, 1.807) is 0 Å². The summed E-state index contributed by atoms with van der Waals surface area (Å²) in [6.07, 6.45) is 5.57. The number of aliphatic hydroxyl groups excluding tert-OH is 1. The van der Waals surface area contributed by atoms with E-state index in [1.165, 1.54) is 6.42 Å². The van der Waals surface area contributed by atoms with E-state index in [2.05, 4.69) is 29.5 Å².